The number of carbonyl (C=O) groups excluding carboxylic acids is 1. The van der Waals surface area contributed by atoms with Crippen LogP contribution >= 0.6 is 27.3 Å². The van der Waals surface area contributed by atoms with E-state index in [0.29, 0.717) is 14.9 Å². The molecule has 0 amide bonds. The standard InChI is InChI=1S/C13H10BrFOS/c1-2-11-3-4-12(17-11)13(16)8-5-9(14)7-10(15)6-8/h3-7H,2H2,1H3. The third kappa shape index (κ3) is 2.82. The van der Waals surface area contributed by atoms with Crippen molar-refractivity contribution >= 4 is 33.0 Å². The molecule has 1 aromatic heterocycles. The van der Waals surface area contributed by atoms with Crippen molar-refractivity contribution in [1.29, 1.82) is 0 Å². The van der Waals surface area contributed by atoms with Gasteiger partial charge in [0.05, 0.1) is 4.88 Å². The van der Waals surface area contributed by atoms with Crippen molar-refractivity contribution < 1.29 is 9.18 Å². The molecule has 0 aliphatic heterocycles. The predicted molar refractivity (Wildman–Crippen MR) is 71.2 cm³/mol. The molecule has 17 heavy (non-hydrogen) atoms. The molecule has 1 heterocycles. The van der Waals surface area contributed by atoms with Crippen LogP contribution in [-0.2, 0) is 6.42 Å². The highest BCUT2D eigenvalue weighted by Crippen LogP contribution is 2.22. The second-order valence-electron chi connectivity index (χ2n) is 3.61. The first-order valence-electron chi connectivity index (χ1n) is 5.19. The molecule has 0 N–H and O–H groups in total. The van der Waals surface area contributed by atoms with Crippen LogP contribution in [0.4, 0.5) is 4.39 Å². The van der Waals surface area contributed by atoms with E-state index in [1.807, 2.05) is 13.0 Å². The Morgan fingerprint density at radius 2 is 2.12 bits per heavy atom. The summed E-state index contributed by atoms with van der Waals surface area (Å²) >= 11 is 4.64. The topological polar surface area (TPSA) is 17.1 Å². The fourth-order valence-corrected chi connectivity index (χ4v) is 2.89. The maximum absolute atomic E-state index is 13.2. The number of halogens is 2. The van der Waals surface area contributed by atoms with Gasteiger partial charge >= 0.3 is 0 Å². The van der Waals surface area contributed by atoms with Crippen molar-refractivity contribution in [3.05, 3.63) is 55.9 Å². The molecule has 0 unspecified atom stereocenters. The van der Waals surface area contributed by atoms with Crippen molar-refractivity contribution in [2.75, 3.05) is 0 Å². The Morgan fingerprint density at radius 3 is 2.71 bits per heavy atom. The fourth-order valence-electron chi connectivity index (χ4n) is 1.52. The highest BCUT2D eigenvalue weighted by molar-refractivity contribution is 9.10. The lowest BCUT2D eigenvalue weighted by Gasteiger charge is -2.00. The summed E-state index contributed by atoms with van der Waals surface area (Å²) in [5.74, 6) is -0.537. The number of thiophene rings is 1. The Labute approximate surface area is 111 Å². The first-order chi connectivity index (χ1) is 8.10. The van der Waals surface area contributed by atoms with Gasteiger partial charge < -0.3 is 0 Å². The monoisotopic (exact) mass is 312 g/mol. The molecular formula is C13H10BrFOS. The summed E-state index contributed by atoms with van der Waals surface area (Å²) in [5, 5.41) is 0. The van der Waals surface area contributed by atoms with E-state index < -0.39 is 5.82 Å². The predicted octanol–water partition coefficient (Wildman–Crippen LogP) is 4.44. The number of hydrogen-bond acceptors (Lipinski definition) is 2. The summed E-state index contributed by atoms with van der Waals surface area (Å²) in [5.41, 5.74) is 0.376. The molecule has 0 saturated heterocycles. The lowest BCUT2D eigenvalue weighted by molar-refractivity contribution is 0.104. The molecule has 0 aliphatic carbocycles. The Bertz CT molecular complexity index is 542. The van der Waals surface area contributed by atoms with E-state index in [2.05, 4.69) is 15.9 Å². The molecule has 0 atom stereocenters. The quantitative estimate of drug-likeness (QED) is 0.766. The normalized spacial score (nSPS) is 10.5. The minimum absolute atomic E-state index is 0.130. The zero-order valence-electron chi connectivity index (χ0n) is 9.17. The van der Waals surface area contributed by atoms with E-state index in [0.717, 1.165) is 11.3 Å². The average Bonchev–Trinajstić information content (AvgIpc) is 2.75. The molecule has 0 saturated carbocycles. The van der Waals surface area contributed by atoms with Crippen molar-refractivity contribution in [2.45, 2.75) is 13.3 Å². The number of benzene rings is 1. The smallest absolute Gasteiger partial charge is 0.203 e. The van der Waals surface area contributed by atoms with Crippen LogP contribution in [0.25, 0.3) is 0 Å². The van der Waals surface area contributed by atoms with Gasteiger partial charge in [-0.05, 0) is 36.8 Å². The first kappa shape index (κ1) is 12.5. The lowest BCUT2D eigenvalue weighted by Crippen LogP contribution is -1.99. The molecule has 2 rings (SSSR count). The van der Waals surface area contributed by atoms with Crippen LogP contribution in [0.1, 0.15) is 27.0 Å². The molecule has 1 aromatic carbocycles. The fraction of sp³-hybridized carbons (Fsp3) is 0.154. The molecule has 1 nitrogen and oxygen atoms in total. The molecule has 2 aromatic rings. The largest absolute Gasteiger partial charge is 0.288 e. The second-order valence-corrected chi connectivity index (χ2v) is 5.69. The van der Waals surface area contributed by atoms with E-state index in [1.165, 1.54) is 23.5 Å². The van der Waals surface area contributed by atoms with Crippen LogP contribution in [0, 0.1) is 5.82 Å². The molecular weight excluding hydrogens is 303 g/mol. The van der Waals surface area contributed by atoms with Crippen LogP contribution in [-0.4, -0.2) is 5.78 Å². The van der Waals surface area contributed by atoms with Crippen LogP contribution in [0.3, 0.4) is 0 Å². The number of rotatable bonds is 3. The van der Waals surface area contributed by atoms with Gasteiger partial charge in [0.2, 0.25) is 5.78 Å². The van der Waals surface area contributed by atoms with Gasteiger partial charge in [-0.15, -0.1) is 11.3 Å². The Kier molecular flexibility index (Phi) is 3.74. The molecule has 0 fully saturated rings. The highest BCUT2D eigenvalue weighted by Gasteiger charge is 2.13. The van der Waals surface area contributed by atoms with Crippen LogP contribution in [0.5, 0.6) is 0 Å². The van der Waals surface area contributed by atoms with Gasteiger partial charge in [-0.25, -0.2) is 4.39 Å². The summed E-state index contributed by atoms with van der Waals surface area (Å²) in [6.07, 6.45) is 0.908. The SMILES string of the molecule is CCc1ccc(C(=O)c2cc(F)cc(Br)c2)s1. The van der Waals surface area contributed by atoms with E-state index >= 15 is 0 Å². The van der Waals surface area contributed by atoms with Gasteiger partial charge in [0, 0.05) is 14.9 Å². The molecule has 0 aliphatic rings. The van der Waals surface area contributed by atoms with Gasteiger partial charge in [-0.3, -0.25) is 4.79 Å². The summed E-state index contributed by atoms with van der Waals surface area (Å²) in [6, 6.07) is 7.97. The van der Waals surface area contributed by atoms with Crippen LogP contribution in [0.15, 0.2) is 34.8 Å². The van der Waals surface area contributed by atoms with Gasteiger partial charge in [-0.1, -0.05) is 22.9 Å². The van der Waals surface area contributed by atoms with E-state index in [4.69, 9.17) is 0 Å². The average molecular weight is 313 g/mol. The minimum Gasteiger partial charge on any atom is -0.288 e. The van der Waals surface area contributed by atoms with Gasteiger partial charge in [0.1, 0.15) is 5.82 Å². The van der Waals surface area contributed by atoms with E-state index in [-0.39, 0.29) is 5.78 Å². The Balaban J connectivity index is 2.36. The number of ketones is 1. The number of aryl methyl sites for hydroxylation is 1. The first-order valence-corrected chi connectivity index (χ1v) is 6.80. The summed E-state index contributed by atoms with van der Waals surface area (Å²) in [4.78, 5) is 13.9. The summed E-state index contributed by atoms with van der Waals surface area (Å²) in [6.45, 7) is 2.04. The van der Waals surface area contributed by atoms with Crippen molar-refractivity contribution in [3.63, 3.8) is 0 Å². The van der Waals surface area contributed by atoms with Crippen molar-refractivity contribution in [1.82, 2.24) is 0 Å². The minimum atomic E-state index is -0.407. The van der Waals surface area contributed by atoms with Crippen LogP contribution in [0.2, 0.25) is 0 Å². The molecule has 88 valence electrons. The zero-order valence-corrected chi connectivity index (χ0v) is 11.6. The zero-order chi connectivity index (χ0) is 12.4. The molecule has 0 bridgehead atoms. The van der Waals surface area contributed by atoms with Gasteiger partial charge in [0.25, 0.3) is 0 Å². The summed E-state index contributed by atoms with van der Waals surface area (Å²) < 4.78 is 13.8. The third-order valence-corrected chi connectivity index (χ3v) is 4.04. The maximum atomic E-state index is 13.2. The maximum Gasteiger partial charge on any atom is 0.203 e. The molecule has 4 heteroatoms. The molecule has 0 radical (unpaired) electrons. The summed E-state index contributed by atoms with van der Waals surface area (Å²) in [7, 11) is 0. The Hall–Kier alpha value is -1.00. The van der Waals surface area contributed by atoms with Crippen molar-refractivity contribution in [3.8, 4) is 0 Å². The second kappa shape index (κ2) is 5.10. The highest BCUT2D eigenvalue weighted by atomic mass is 79.9. The number of hydrogen-bond donors (Lipinski definition) is 0. The van der Waals surface area contributed by atoms with Gasteiger partial charge in [-0.2, -0.15) is 0 Å². The van der Waals surface area contributed by atoms with E-state index in [1.54, 1.807) is 12.1 Å². The van der Waals surface area contributed by atoms with E-state index in [9.17, 15) is 9.18 Å². The third-order valence-electron chi connectivity index (χ3n) is 2.36. The van der Waals surface area contributed by atoms with Crippen molar-refractivity contribution in [2.24, 2.45) is 0 Å². The van der Waals surface area contributed by atoms with Crippen LogP contribution < -0.4 is 0 Å². The molecule has 0 spiro atoms. The number of carbonyl (C=O) groups is 1. The van der Waals surface area contributed by atoms with Gasteiger partial charge in [0.15, 0.2) is 0 Å². The lowest BCUT2D eigenvalue weighted by atomic mass is 10.1. The Morgan fingerprint density at radius 1 is 1.35 bits per heavy atom.